The largest absolute Gasteiger partial charge is 0.384 e. The fraction of sp³-hybridized carbons (Fsp3) is 0.263. The Balaban J connectivity index is 1.66. The Bertz CT molecular complexity index is 862. The molecule has 0 aliphatic carbocycles. The minimum absolute atomic E-state index is 0.269. The van der Waals surface area contributed by atoms with E-state index in [0.29, 0.717) is 12.2 Å². The van der Waals surface area contributed by atoms with E-state index in [1.54, 1.807) is 18.3 Å². The number of amides is 3. The number of urea groups is 1. The Hall–Kier alpha value is -3.40. The van der Waals surface area contributed by atoms with Gasteiger partial charge in [-0.15, -0.1) is 0 Å². The molecule has 1 aromatic heterocycles. The number of hydrogen-bond donors (Lipinski definition) is 2. The maximum atomic E-state index is 12.5. The minimum Gasteiger partial charge on any atom is -0.384 e. The van der Waals surface area contributed by atoms with Gasteiger partial charge in [0.05, 0.1) is 18.0 Å². The second-order valence-electron chi connectivity index (χ2n) is 6.26. The predicted molar refractivity (Wildman–Crippen MR) is 95.5 cm³/mol. The molecule has 0 bridgehead atoms. The Morgan fingerprint density at radius 1 is 1.38 bits per heavy atom. The Morgan fingerprint density at radius 3 is 2.77 bits per heavy atom. The number of nitriles is 1. The number of benzene rings is 1. The van der Waals surface area contributed by atoms with Crippen molar-refractivity contribution < 1.29 is 9.59 Å². The number of carbonyl (C=O) groups is 2. The Morgan fingerprint density at radius 2 is 2.12 bits per heavy atom. The van der Waals surface area contributed by atoms with Crippen molar-refractivity contribution in [3.05, 3.63) is 59.8 Å². The number of hydrogen-bond acceptors (Lipinski definition) is 5. The van der Waals surface area contributed by atoms with Crippen LogP contribution in [0.25, 0.3) is 0 Å². The first-order valence-corrected chi connectivity index (χ1v) is 8.29. The Labute approximate surface area is 151 Å². The van der Waals surface area contributed by atoms with Crippen LogP contribution in [0, 0.1) is 17.2 Å². The molecule has 1 aliphatic rings. The number of anilines is 1. The van der Waals surface area contributed by atoms with Crippen LogP contribution < -0.4 is 11.1 Å². The lowest BCUT2D eigenvalue weighted by molar-refractivity contribution is -0.146. The van der Waals surface area contributed by atoms with Gasteiger partial charge in [0.25, 0.3) is 0 Å². The highest BCUT2D eigenvalue weighted by molar-refractivity contribution is 6.02. The summed E-state index contributed by atoms with van der Waals surface area (Å²) in [5.41, 5.74) is 7.38. The molecule has 2 aromatic rings. The molecule has 1 unspecified atom stereocenters. The van der Waals surface area contributed by atoms with Crippen LogP contribution in [0.2, 0.25) is 0 Å². The highest BCUT2D eigenvalue weighted by Crippen LogP contribution is 2.30. The normalized spacial score (nSPS) is 20.0. The van der Waals surface area contributed by atoms with Gasteiger partial charge in [-0.2, -0.15) is 5.26 Å². The highest BCUT2D eigenvalue weighted by atomic mass is 16.2. The highest BCUT2D eigenvalue weighted by Gasteiger charge is 2.51. The molecular formula is C19H19N5O2. The van der Waals surface area contributed by atoms with Gasteiger partial charge < -0.3 is 11.1 Å². The van der Waals surface area contributed by atoms with E-state index in [9.17, 15) is 14.9 Å². The molecule has 0 spiro atoms. The molecule has 26 heavy (non-hydrogen) atoms. The third-order valence-electron chi connectivity index (χ3n) is 4.51. The van der Waals surface area contributed by atoms with E-state index in [2.05, 4.69) is 16.4 Å². The summed E-state index contributed by atoms with van der Waals surface area (Å²) in [6.07, 6.45) is 1.91. The molecule has 3 rings (SSSR count). The van der Waals surface area contributed by atoms with Crippen LogP contribution in [0.1, 0.15) is 24.1 Å². The van der Waals surface area contributed by atoms with Crippen molar-refractivity contribution >= 4 is 17.8 Å². The van der Waals surface area contributed by atoms with Crippen molar-refractivity contribution in [2.24, 2.45) is 5.92 Å². The number of imide groups is 1. The van der Waals surface area contributed by atoms with E-state index >= 15 is 0 Å². The molecule has 7 nitrogen and oxygen atoms in total. The third-order valence-corrected chi connectivity index (χ3v) is 4.51. The molecule has 1 fully saturated rings. The zero-order valence-corrected chi connectivity index (χ0v) is 14.3. The van der Waals surface area contributed by atoms with E-state index in [1.807, 2.05) is 37.3 Å². The van der Waals surface area contributed by atoms with Gasteiger partial charge in [-0.05, 0) is 36.6 Å². The smallest absolute Gasteiger partial charge is 0.325 e. The van der Waals surface area contributed by atoms with E-state index < -0.39 is 18.0 Å². The first kappa shape index (κ1) is 17.4. The van der Waals surface area contributed by atoms with Gasteiger partial charge in [0.1, 0.15) is 11.9 Å². The van der Waals surface area contributed by atoms with Crippen LogP contribution in [-0.2, 0) is 11.2 Å². The number of nitrogens with one attached hydrogen (secondary N) is 1. The standard InChI is InChI=1S/C19H19N5O2/c1-12(14-5-3-2-4-6-14)23-19(26)24-16(11-20)15(18(24)25)9-13-7-8-22-17(21)10-13/h2-8,10,12,15-16H,9H2,1H3,(H2,21,22)(H,23,26)/t12?,15-,16-/m1/s1. The maximum Gasteiger partial charge on any atom is 0.325 e. The molecule has 0 saturated carbocycles. The van der Waals surface area contributed by atoms with Crippen LogP contribution in [0.3, 0.4) is 0 Å². The average Bonchev–Trinajstić information content (AvgIpc) is 2.64. The van der Waals surface area contributed by atoms with Crippen LogP contribution in [0.4, 0.5) is 10.6 Å². The van der Waals surface area contributed by atoms with Crippen molar-refractivity contribution in [2.45, 2.75) is 25.4 Å². The summed E-state index contributed by atoms with van der Waals surface area (Å²) in [6, 6.07) is 13.3. The summed E-state index contributed by atoms with van der Waals surface area (Å²) in [5.74, 6) is -0.557. The molecular weight excluding hydrogens is 330 g/mol. The molecule has 0 radical (unpaired) electrons. The van der Waals surface area contributed by atoms with Gasteiger partial charge >= 0.3 is 6.03 Å². The number of nitrogens with two attached hydrogens (primary N) is 1. The number of likely N-dealkylation sites (tertiary alicyclic amines) is 1. The molecule has 1 aromatic carbocycles. The van der Waals surface area contributed by atoms with Gasteiger partial charge in [0.15, 0.2) is 0 Å². The molecule has 1 aliphatic heterocycles. The SMILES string of the molecule is CC(NC(=O)N1C(=O)[C@H](Cc2ccnc(N)c2)[C@H]1C#N)c1ccccc1. The quantitative estimate of drug-likeness (QED) is 0.820. The lowest BCUT2D eigenvalue weighted by atomic mass is 9.83. The maximum absolute atomic E-state index is 12.5. The van der Waals surface area contributed by atoms with E-state index in [4.69, 9.17) is 5.73 Å². The average molecular weight is 349 g/mol. The van der Waals surface area contributed by atoms with Crippen LogP contribution >= 0.6 is 0 Å². The summed E-state index contributed by atoms with van der Waals surface area (Å²) in [7, 11) is 0. The first-order valence-electron chi connectivity index (χ1n) is 8.29. The molecule has 3 amide bonds. The van der Waals surface area contributed by atoms with E-state index in [0.717, 1.165) is 16.0 Å². The molecule has 3 atom stereocenters. The number of aromatic nitrogens is 1. The van der Waals surface area contributed by atoms with Gasteiger partial charge in [-0.1, -0.05) is 30.3 Å². The minimum atomic E-state index is -0.792. The number of pyridine rings is 1. The zero-order chi connectivity index (χ0) is 18.7. The summed E-state index contributed by atoms with van der Waals surface area (Å²) < 4.78 is 0. The van der Waals surface area contributed by atoms with Gasteiger partial charge in [-0.3, -0.25) is 4.79 Å². The molecule has 2 heterocycles. The van der Waals surface area contributed by atoms with E-state index in [1.165, 1.54) is 0 Å². The van der Waals surface area contributed by atoms with Crippen LogP contribution in [-0.4, -0.2) is 27.9 Å². The molecule has 3 N–H and O–H groups in total. The second kappa shape index (κ2) is 7.23. The lowest BCUT2D eigenvalue weighted by Crippen LogP contribution is -2.65. The van der Waals surface area contributed by atoms with Crippen molar-refractivity contribution in [2.75, 3.05) is 5.73 Å². The number of nitrogen functional groups attached to an aromatic ring is 1. The van der Waals surface area contributed by atoms with Gasteiger partial charge in [0.2, 0.25) is 5.91 Å². The fourth-order valence-corrected chi connectivity index (χ4v) is 3.08. The summed E-state index contributed by atoms with van der Waals surface area (Å²) in [5, 5.41) is 12.2. The third kappa shape index (κ3) is 3.35. The zero-order valence-electron chi connectivity index (χ0n) is 14.3. The molecule has 132 valence electrons. The summed E-state index contributed by atoms with van der Waals surface area (Å²) in [4.78, 5) is 29.8. The van der Waals surface area contributed by atoms with Crippen molar-refractivity contribution in [1.82, 2.24) is 15.2 Å². The van der Waals surface area contributed by atoms with Crippen LogP contribution in [0.15, 0.2) is 48.7 Å². The predicted octanol–water partition coefficient (Wildman–Crippen LogP) is 2.03. The number of nitrogens with zero attached hydrogens (tertiary/aromatic N) is 3. The number of β-lactam (4-membered cyclic amide) rings is 1. The van der Waals surface area contributed by atoms with Gasteiger partial charge in [-0.25, -0.2) is 14.7 Å². The second-order valence-corrected chi connectivity index (χ2v) is 6.26. The molecule has 7 heteroatoms. The monoisotopic (exact) mass is 349 g/mol. The van der Waals surface area contributed by atoms with E-state index in [-0.39, 0.29) is 11.9 Å². The van der Waals surface area contributed by atoms with Crippen molar-refractivity contribution in [1.29, 1.82) is 5.26 Å². The number of carbonyl (C=O) groups excluding carboxylic acids is 2. The van der Waals surface area contributed by atoms with Crippen LogP contribution in [0.5, 0.6) is 0 Å². The van der Waals surface area contributed by atoms with Crippen molar-refractivity contribution in [3.63, 3.8) is 0 Å². The first-order chi connectivity index (χ1) is 12.5. The summed E-state index contributed by atoms with van der Waals surface area (Å²) in [6.45, 7) is 1.83. The lowest BCUT2D eigenvalue weighted by Gasteiger charge is -2.42. The fourth-order valence-electron chi connectivity index (χ4n) is 3.08. The topological polar surface area (TPSA) is 112 Å². The van der Waals surface area contributed by atoms with Gasteiger partial charge in [0, 0.05) is 6.20 Å². The number of rotatable bonds is 4. The Kier molecular flexibility index (Phi) is 4.85. The molecule has 1 saturated heterocycles. The van der Waals surface area contributed by atoms with Crippen molar-refractivity contribution in [3.8, 4) is 6.07 Å². The summed E-state index contributed by atoms with van der Waals surface area (Å²) >= 11 is 0.